The largest absolute Gasteiger partial charge is 0.357 e. The number of likely N-dealkylation sites (tertiary alicyclic amines) is 1. The van der Waals surface area contributed by atoms with Crippen LogP contribution in [0, 0.1) is 25.2 Å². The van der Waals surface area contributed by atoms with Gasteiger partial charge in [0.15, 0.2) is 0 Å². The van der Waals surface area contributed by atoms with Gasteiger partial charge in [0.05, 0.1) is 23.6 Å². The molecule has 3 aromatic heterocycles. The lowest BCUT2D eigenvalue weighted by molar-refractivity contribution is 0.135. The first-order valence-corrected chi connectivity index (χ1v) is 11.4. The fourth-order valence-electron chi connectivity index (χ4n) is 4.72. The summed E-state index contributed by atoms with van der Waals surface area (Å²) in [5.41, 5.74) is 6.02. The molecule has 0 aliphatic carbocycles. The van der Waals surface area contributed by atoms with Crippen molar-refractivity contribution < 1.29 is 0 Å². The first-order valence-electron chi connectivity index (χ1n) is 11.4. The summed E-state index contributed by atoms with van der Waals surface area (Å²) in [6.07, 6.45) is 5.12. The number of hydrogen-bond donors (Lipinski definition) is 2. The topological polar surface area (TPSA) is 93.5 Å². The minimum atomic E-state index is 0.242. The molecule has 1 aromatic carbocycles. The summed E-state index contributed by atoms with van der Waals surface area (Å²) in [6, 6.07) is 16.4. The maximum atomic E-state index is 8.96. The Balaban J connectivity index is 1.41. The van der Waals surface area contributed by atoms with Crippen LogP contribution < -0.4 is 5.32 Å². The molecule has 1 fully saturated rings. The molecule has 7 nitrogen and oxygen atoms in total. The van der Waals surface area contributed by atoms with E-state index in [1.54, 1.807) is 12.3 Å². The van der Waals surface area contributed by atoms with Crippen LogP contribution in [0.15, 0.2) is 48.7 Å². The number of nitrogens with one attached hydrogen (secondary N) is 2. The third-order valence-electron chi connectivity index (χ3n) is 6.39. The lowest BCUT2D eigenvalue weighted by atomic mass is 9.98. The van der Waals surface area contributed by atoms with Crippen LogP contribution in [0.4, 0.5) is 11.5 Å². The van der Waals surface area contributed by atoms with Gasteiger partial charge in [0, 0.05) is 29.2 Å². The molecule has 0 spiro atoms. The van der Waals surface area contributed by atoms with Crippen molar-refractivity contribution in [2.75, 3.05) is 11.9 Å². The minimum Gasteiger partial charge on any atom is -0.357 e. The van der Waals surface area contributed by atoms with Gasteiger partial charge in [0.25, 0.3) is 0 Å². The molecule has 0 unspecified atom stereocenters. The Hall–Kier alpha value is -3.76. The Kier molecular flexibility index (Phi) is 5.76. The minimum absolute atomic E-state index is 0.242. The average Bonchev–Trinajstić information content (AvgIpc) is 3.15. The molecule has 4 heterocycles. The SMILES string of the molecule is Cc1nc(Nc2ccc(C#N)nc2)cc([C@@H]2CCCCN2Cc2[nH]c3ccccc3c2C)n1. The van der Waals surface area contributed by atoms with Crippen LogP contribution in [0.25, 0.3) is 10.9 Å². The van der Waals surface area contributed by atoms with Gasteiger partial charge in [0.2, 0.25) is 0 Å². The Morgan fingerprint density at radius 3 is 2.82 bits per heavy atom. The molecule has 2 N–H and O–H groups in total. The van der Waals surface area contributed by atoms with Crippen LogP contribution in [0.5, 0.6) is 0 Å². The van der Waals surface area contributed by atoms with Crippen LogP contribution in [-0.2, 0) is 6.54 Å². The lowest BCUT2D eigenvalue weighted by Crippen LogP contribution is -2.34. The summed E-state index contributed by atoms with van der Waals surface area (Å²) in [7, 11) is 0. The van der Waals surface area contributed by atoms with Crippen molar-refractivity contribution in [3.8, 4) is 6.07 Å². The number of H-pyrrole nitrogens is 1. The van der Waals surface area contributed by atoms with Crippen molar-refractivity contribution >= 4 is 22.4 Å². The number of para-hydroxylation sites is 1. The third-order valence-corrected chi connectivity index (χ3v) is 6.39. The zero-order chi connectivity index (χ0) is 22.8. The van der Waals surface area contributed by atoms with Gasteiger partial charge in [-0.05, 0) is 57.0 Å². The van der Waals surface area contributed by atoms with Gasteiger partial charge in [0.1, 0.15) is 23.4 Å². The van der Waals surface area contributed by atoms with E-state index in [1.807, 2.05) is 25.1 Å². The first kappa shape index (κ1) is 21.1. The van der Waals surface area contributed by atoms with Gasteiger partial charge >= 0.3 is 0 Å². The Morgan fingerprint density at radius 1 is 1.15 bits per heavy atom. The smallest absolute Gasteiger partial charge is 0.140 e. The number of nitrogens with zero attached hydrogens (tertiary/aromatic N) is 5. The molecule has 0 radical (unpaired) electrons. The number of piperidine rings is 1. The second kappa shape index (κ2) is 9.00. The van der Waals surface area contributed by atoms with E-state index >= 15 is 0 Å². The summed E-state index contributed by atoms with van der Waals surface area (Å²) in [6.45, 7) is 6.05. The number of aromatic nitrogens is 4. The van der Waals surface area contributed by atoms with Crippen molar-refractivity contribution in [2.45, 2.75) is 45.7 Å². The first-order chi connectivity index (χ1) is 16.1. The van der Waals surface area contributed by atoms with E-state index in [2.05, 4.69) is 56.4 Å². The van der Waals surface area contributed by atoms with E-state index in [9.17, 15) is 0 Å². The lowest BCUT2D eigenvalue weighted by Gasteiger charge is -2.35. The zero-order valence-corrected chi connectivity index (χ0v) is 19.0. The molecule has 5 rings (SSSR count). The molecule has 7 heteroatoms. The second-order valence-electron chi connectivity index (χ2n) is 8.65. The fraction of sp³-hybridized carbons (Fsp3) is 0.308. The van der Waals surface area contributed by atoms with Crippen LogP contribution in [0.1, 0.15) is 53.8 Å². The standard InChI is InChI=1S/C26H27N7/c1-17-21-7-3-4-8-22(21)32-24(17)16-33-12-6-5-9-25(33)23-13-26(30-18(2)29-23)31-20-11-10-19(14-27)28-15-20/h3-4,7-8,10-11,13,15,25,32H,5-6,9,12,16H2,1-2H3,(H,29,30,31)/t25-/m0/s1. The molecule has 166 valence electrons. The number of aromatic amines is 1. The quantitative estimate of drug-likeness (QED) is 0.439. The van der Waals surface area contributed by atoms with Crippen molar-refractivity contribution in [3.63, 3.8) is 0 Å². The van der Waals surface area contributed by atoms with Gasteiger partial charge in [-0.15, -0.1) is 0 Å². The van der Waals surface area contributed by atoms with E-state index in [1.165, 1.54) is 35.0 Å². The highest BCUT2D eigenvalue weighted by molar-refractivity contribution is 5.84. The van der Waals surface area contributed by atoms with E-state index < -0.39 is 0 Å². The second-order valence-corrected chi connectivity index (χ2v) is 8.65. The van der Waals surface area contributed by atoms with E-state index in [0.29, 0.717) is 5.69 Å². The Labute approximate surface area is 193 Å². The highest BCUT2D eigenvalue weighted by Crippen LogP contribution is 2.33. The molecular formula is C26H27N7. The predicted octanol–water partition coefficient (Wildman–Crippen LogP) is 5.31. The van der Waals surface area contributed by atoms with Crippen LogP contribution in [-0.4, -0.2) is 31.4 Å². The van der Waals surface area contributed by atoms with Gasteiger partial charge in [-0.2, -0.15) is 5.26 Å². The van der Waals surface area contributed by atoms with Crippen molar-refractivity contribution in [2.24, 2.45) is 0 Å². The highest BCUT2D eigenvalue weighted by Gasteiger charge is 2.27. The number of hydrogen-bond acceptors (Lipinski definition) is 6. The van der Waals surface area contributed by atoms with E-state index in [-0.39, 0.29) is 6.04 Å². The van der Waals surface area contributed by atoms with Crippen molar-refractivity contribution in [1.82, 2.24) is 24.8 Å². The highest BCUT2D eigenvalue weighted by atomic mass is 15.2. The third kappa shape index (κ3) is 4.43. The fourth-order valence-corrected chi connectivity index (χ4v) is 4.72. The van der Waals surface area contributed by atoms with Crippen LogP contribution in [0.2, 0.25) is 0 Å². The van der Waals surface area contributed by atoms with Gasteiger partial charge in [-0.25, -0.2) is 15.0 Å². The average molecular weight is 438 g/mol. The van der Waals surface area contributed by atoms with Crippen molar-refractivity contribution in [3.05, 3.63) is 77.1 Å². The molecule has 0 bridgehead atoms. The molecule has 0 amide bonds. The number of benzene rings is 1. The number of aryl methyl sites for hydroxylation is 2. The van der Waals surface area contributed by atoms with E-state index in [0.717, 1.165) is 42.5 Å². The molecule has 0 saturated carbocycles. The number of nitriles is 1. The summed E-state index contributed by atoms with van der Waals surface area (Å²) in [5.74, 6) is 1.49. The molecular weight excluding hydrogens is 410 g/mol. The van der Waals surface area contributed by atoms with Gasteiger partial charge in [-0.1, -0.05) is 24.6 Å². The maximum Gasteiger partial charge on any atom is 0.140 e. The number of pyridine rings is 1. The number of rotatable bonds is 5. The van der Waals surface area contributed by atoms with Gasteiger partial charge < -0.3 is 10.3 Å². The summed E-state index contributed by atoms with van der Waals surface area (Å²) < 4.78 is 0. The Bertz CT molecular complexity index is 1320. The normalized spacial score (nSPS) is 16.6. The number of fused-ring (bicyclic) bond motifs is 1. The molecule has 1 saturated heterocycles. The van der Waals surface area contributed by atoms with Gasteiger partial charge in [-0.3, -0.25) is 4.90 Å². The summed E-state index contributed by atoms with van der Waals surface area (Å²) in [4.78, 5) is 19.7. The zero-order valence-electron chi connectivity index (χ0n) is 19.0. The van der Waals surface area contributed by atoms with Crippen LogP contribution >= 0.6 is 0 Å². The Morgan fingerprint density at radius 2 is 2.03 bits per heavy atom. The molecule has 33 heavy (non-hydrogen) atoms. The number of anilines is 2. The van der Waals surface area contributed by atoms with E-state index in [4.69, 9.17) is 10.2 Å². The summed E-state index contributed by atoms with van der Waals surface area (Å²) in [5, 5.41) is 13.6. The molecule has 4 aromatic rings. The van der Waals surface area contributed by atoms with Crippen LogP contribution in [0.3, 0.4) is 0 Å². The molecule has 1 atom stereocenters. The predicted molar refractivity (Wildman–Crippen MR) is 129 cm³/mol. The molecule has 1 aliphatic heterocycles. The molecule has 1 aliphatic rings. The maximum absolute atomic E-state index is 8.96. The monoisotopic (exact) mass is 437 g/mol. The summed E-state index contributed by atoms with van der Waals surface area (Å²) >= 11 is 0. The van der Waals surface area contributed by atoms with Crippen molar-refractivity contribution in [1.29, 1.82) is 5.26 Å².